The first-order valence-corrected chi connectivity index (χ1v) is 4.36. The van der Waals surface area contributed by atoms with E-state index in [1.54, 1.807) is 7.05 Å². The fourth-order valence-corrected chi connectivity index (χ4v) is 0.960. The van der Waals surface area contributed by atoms with Gasteiger partial charge >= 0.3 is 29.6 Å². The molecule has 0 bridgehead atoms. The molecule has 0 aromatic carbocycles. The van der Waals surface area contributed by atoms with Crippen molar-refractivity contribution in [2.24, 2.45) is 5.28 Å². The van der Waals surface area contributed by atoms with Crippen LogP contribution >= 0.6 is 0 Å². The molecule has 0 saturated carbocycles. The Balaban J connectivity index is -0.000000720. The third-order valence-electron chi connectivity index (χ3n) is 1.76. The summed E-state index contributed by atoms with van der Waals surface area (Å²) < 4.78 is 0. The van der Waals surface area contributed by atoms with Gasteiger partial charge in [0.05, 0.1) is 18.6 Å². The molecule has 0 aliphatic carbocycles. The van der Waals surface area contributed by atoms with E-state index in [0.29, 0.717) is 6.54 Å². The normalized spacial score (nSPS) is 10.9. The zero-order valence-electron chi connectivity index (χ0n) is 9.89. The zero-order chi connectivity index (χ0) is 10.1. The predicted octanol–water partition coefficient (Wildman–Crippen LogP) is -2.15. The van der Waals surface area contributed by atoms with Crippen LogP contribution in [0.25, 0.3) is 0 Å². The topological polar surface area (TPSA) is 82.1 Å². The molecule has 2 N–H and O–H groups in total. The average molecular weight is 215 g/mol. The van der Waals surface area contributed by atoms with Crippen molar-refractivity contribution in [3.05, 3.63) is 5.21 Å². The smallest absolute Gasteiger partial charge is 1.00 e. The molecule has 14 heavy (non-hydrogen) atoms. The molecule has 0 atom stereocenters. The molecule has 0 aliphatic heterocycles. The van der Waals surface area contributed by atoms with E-state index < -0.39 is 0 Å². The molecular weight excluding hydrogens is 197 g/mol. The van der Waals surface area contributed by atoms with Gasteiger partial charge in [0.2, 0.25) is 5.28 Å². The van der Waals surface area contributed by atoms with Crippen molar-refractivity contribution >= 4 is 0 Å². The minimum Gasteiger partial charge on any atom is -1.00 e. The second-order valence-corrected chi connectivity index (χ2v) is 2.86. The van der Waals surface area contributed by atoms with Crippen LogP contribution in [0, 0.1) is 5.21 Å². The van der Waals surface area contributed by atoms with Crippen LogP contribution in [0.5, 0.6) is 0 Å². The number of hydrazine groups is 1. The monoisotopic (exact) mass is 215 g/mol. The van der Waals surface area contributed by atoms with Crippen molar-refractivity contribution in [2.45, 2.75) is 25.7 Å². The summed E-state index contributed by atoms with van der Waals surface area (Å²) in [6, 6.07) is 0. The van der Waals surface area contributed by atoms with Gasteiger partial charge in [-0.3, -0.25) is 0 Å². The van der Waals surface area contributed by atoms with Gasteiger partial charge in [0.25, 0.3) is 0 Å². The first-order valence-electron chi connectivity index (χ1n) is 4.36. The van der Waals surface area contributed by atoms with Crippen LogP contribution in [0.4, 0.5) is 0 Å². The Morgan fingerprint density at radius 2 is 1.93 bits per heavy atom. The maximum Gasteiger partial charge on any atom is 1.00 e. The van der Waals surface area contributed by atoms with E-state index in [0.717, 1.165) is 25.7 Å². The molecule has 0 aliphatic rings. The van der Waals surface area contributed by atoms with E-state index in [9.17, 15) is 5.21 Å². The van der Waals surface area contributed by atoms with Gasteiger partial charge in [-0.1, -0.05) is 12.8 Å². The molecule has 0 radical (unpaired) electrons. The molecule has 0 heterocycles. The standard InChI is InChI=1S/C7H17N3O3.Na.H/c1-9(10(13)8-12)6-4-2-3-5-7-11;;/h11-12H,2-7H2,1H3;;/q;+1;-1/b10-8+;;. The van der Waals surface area contributed by atoms with Crippen LogP contribution < -0.4 is 29.6 Å². The molecule has 7 heteroatoms. The van der Waals surface area contributed by atoms with Gasteiger partial charge in [0, 0.05) is 6.61 Å². The molecule has 0 unspecified atom stereocenters. The molecule has 0 aromatic rings. The second-order valence-electron chi connectivity index (χ2n) is 2.86. The summed E-state index contributed by atoms with van der Waals surface area (Å²) in [7, 11) is 1.55. The Morgan fingerprint density at radius 3 is 2.43 bits per heavy atom. The van der Waals surface area contributed by atoms with E-state index in [1.807, 2.05) is 0 Å². The van der Waals surface area contributed by atoms with E-state index in [1.165, 1.54) is 5.01 Å². The Hall–Kier alpha value is -0.0400. The van der Waals surface area contributed by atoms with Gasteiger partial charge in [-0.2, -0.15) is 0 Å². The van der Waals surface area contributed by atoms with Gasteiger partial charge < -0.3 is 16.9 Å². The van der Waals surface area contributed by atoms with Crippen molar-refractivity contribution in [1.29, 1.82) is 0 Å². The summed E-state index contributed by atoms with van der Waals surface area (Å²) in [5.74, 6) is 0. The Kier molecular flexibility index (Phi) is 12.9. The van der Waals surface area contributed by atoms with E-state index >= 15 is 0 Å². The molecular formula is C7H18N3NaO3. The molecule has 0 amide bonds. The van der Waals surface area contributed by atoms with E-state index in [2.05, 4.69) is 5.28 Å². The molecule has 80 valence electrons. The van der Waals surface area contributed by atoms with Crippen molar-refractivity contribution in [1.82, 2.24) is 5.01 Å². The number of unbranched alkanes of at least 4 members (excludes halogenated alkanes) is 3. The second kappa shape index (κ2) is 11.0. The minimum absolute atomic E-state index is 0. The molecule has 0 rings (SSSR count). The minimum atomic E-state index is 0. The third-order valence-corrected chi connectivity index (χ3v) is 1.76. The number of nitrogens with zero attached hydrogens (tertiary/aromatic N) is 3. The van der Waals surface area contributed by atoms with Crippen molar-refractivity contribution < 1.29 is 46.3 Å². The van der Waals surface area contributed by atoms with Crippen LogP contribution in [0.1, 0.15) is 27.1 Å². The summed E-state index contributed by atoms with van der Waals surface area (Å²) in [4.78, 5) is 0.145. The summed E-state index contributed by atoms with van der Waals surface area (Å²) in [5, 5.41) is 31.0. The number of aliphatic hydroxyl groups excluding tert-OH is 1. The van der Waals surface area contributed by atoms with Crippen LogP contribution in [0.15, 0.2) is 5.28 Å². The summed E-state index contributed by atoms with van der Waals surface area (Å²) >= 11 is 0. The third kappa shape index (κ3) is 8.55. The Labute approximate surface area is 108 Å². The Bertz CT molecular complexity index is 162. The first-order chi connectivity index (χ1) is 6.22. The maximum atomic E-state index is 10.6. The molecule has 0 spiro atoms. The fraction of sp³-hybridized carbons (Fsp3) is 1.00. The van der Waals surface area contributed by atoms with E-state index in [-0.39, 0.29) is 42.6 Å². The SMILES string of the molecule is CN(CCCCCCO)/[N+]([O-])=N\O.[H-].[Na+]. The molecule has 0 saturated heterocycles. The van der Waals surface area contributed by atoms with Crippen molar-refractivity contribution in [3.63, 3.8) is 0 Å². The van der Waals surface area contributed by atoms with Gasteiger partial charge in [0.1, 0.15) is 0 Å². The zero-order valence-corrected chi connectivity index (χ0v) is 10.9. The summed E-state index contributed by atoms with van der Waals surface area (Å²) in [6.07, 6.45) is 3.57. The quantitative estimate of drug-likeness (QED) is 0.167. The predicted molar refractivity (Wildman–Crippen MR) is 47.1 cm³/mol. The number of aliphatic hydroxyl groups is 1. The molecule has 0 aromatic heterocycles. The van der Waals surface area contributed by atoms with Gasteiger partial charge in [-0.05, 0) is 12.8 Å². The number of hydrogen-bond donors (Lipinski definition) is 2. The van der Waals surface area contributed by atoms with Crippen LogP contribution in [-0.2, 0) is 0 Å². The Morgan fingerprint density at radius 1 is 1.36 bits per heavy atom. The van der Waals surface area contributed by atoms with Crippen molar-refractivity contribution in [2.75, 3.05) is 20.2 Å². The average Bonchev–Trinajstić information content (AvgIpc) is 2.16. The van der Waals surface area contributed by atoms with Crippen LogP contribution in [0.2, 0.25) is 0 Å². The van der Waals surface area contributed by atoms with Crippen LogP contribution in [-0.4, -0.2) is 40.5 Å². The van der Waals surface area contributed by atoms with Crippen molar-refractivity contribution in [3.8, 4) is 0 Å². The van der Waals surface area contributed by atoms with E-state index in [4.69, 9.17) is 10.3 Å². The summed E-state index contributed by atoms with van der Waals surface area (Å²) in [6.45, 7) is 0.772. The first kappa shape index (κ1) is 16.4. The maximum absolute atomic E-state index is 10.6. The fourth-order valence-electron chi connectivity index (χ4n) is 0.960. The molecule has 0 fully saturated rings. The number of hydrogen-bond acceptors (Lipinski definition) is 3. The van der Waals surface area contributed by atoms with Gasteiger partial charge in [-0.25, -0.2) is 0 Å². The van der Waals surface area contributed by atoms with Crippen LogP contribution in [0.3, 0.4) is 0 Å². The van der Waals surface area contributed by atoms with Gasteiger partial charge in [-0.15, -0.1) is 5.01 Å². The van der Waals surface area contributed by atoms with Gasteiger partial charge in [0.15, 0.2) is 0 Å². The summed E-state index contributed by atoms with van der Waals surface area (Å²) in [5.41, 5.74) is 0. The number of rotatable bonds is 7. The largest absolute Gasteiger partial charge is 1.00 e. The molecule has 6 nitrogen and oxygen atoms in total.